The first-order valence-electron chi connectivity index (χ1n) is 7.03. The lowest BCUT2D eigenvalue weighted by molar-refractivity contribution is 0.554. The summed E-state index contributed by atoms with van der Waals surface area (Å²) >= 11 is 0. The molecule has 0 aliphatic carbocycles. The van der Waals surface area contributed by atoms with Crippen molar-refractivity contribution in [3.63, 3.8) is 0 Å². The van der Waals surface area contributed by atoms with E-state index in [1.54, 1.807) is 0 Å². The van der Waals surface area contributed by atoms with E-state index in [2.05, 4.69) is 34.6 Å². The Morgan fingerprint density at radius 2 is 1.22 bits per heavy atom. The first-order valence-corrected chi connectivity index (χ1v) is 9.06. The van der Waals surface area contributed by atoms with E-state index in [9.17, 15) is 4.57 Å². The maximum absolute atomic E-state index is 12.7. The third kappa shape index (κ3) is 8.68. The lowest BCUT2D eigenvalue weighted by Gasteiger charge is -2.26. The zero-order valence-electron chi connectivity index (χ0n) is 13.2. The van der Waals surface area contributed by atoms with Crippen LogP contribution in [0.3, 0.4) is 0 Å². The standard InChI is InChI=1S/C14H31OP.H2O.H3P/c1-6-7-8-9-10-11-12-16(15,13(2)3)14(4)5;;/h13-14H,6-12H2,1-5H3;1H2;1H3. The predicted molar refractivity (Wildman–Crippen MR) is 90.8 cm³/mol. The number of hydrogen-bond donors (Lipinski definition) is 0. The summed E-state index contributed by atoms with van der Waals surface area (Å²) in [6, 6.07) is 0. The summed E-state index contributed by atoms with van der Waals surface area (Å²) in [4.78, 5) is 0. The first kappa shape index (κ1) is 23.7. The fourth-order valence-corrected chi connectivity index (χ4v) is 5.20. The smallest absolute Gasteiger partial charge is 0.0925 e. The molecule has 0 aromatic rings. The topological polar surface area (TPSA) is 48.6 Å². The van der Waals surface area contributed by atoms with Crippen LogP contribution in [0, 0.1) is 0 Å². The van der Waals surface area contributed by atoms with Crippen LogP contribution in [-0.2, 0) is 4.57 Å². The molecule has 0 heterocycles. The van der Waals surface area contributed by atoms with E-state index in [0.29, 0.717) is 11.3 Å². The molecular weight excluding hydrogens is 262 g/mol. The van der Waals surface area contributed by atoms with Crippen LogP contribution in [0.4, 0.5) is 0 Å². The van der Waals surface area contributed by atoms with Crippen molar-refractivity contribution in [1.29, 1.82) is 0 Å². The molecule has 0 aromatic carbocycles. The van der Waals surface area contributed by atoms with Crippen LogP contribution in [0.5, 0.6) is 0 Å². The molecule has 0 spiro atoms. The number of unbranched alkanes of at least 4 members (excludes halogenated alkanes) is 5. The molecule has 18 heavy (non-hydrogen) atoms. The molecule has 0 amide bonds. The molecule has 0 fully saturated rings. The Balaban J connectivity index is -0.00000112. The summed E-state index contributed by atoms with van der Waals surface area (Å²) in [7, 11) is -1.92. The van der Waals surface area contributed by atoms with E-state index in [-0.39, 0.29) is 15.4 Å². The fourth-order valence-electron chi connectivity index (χ4n) is 2.25. The first-order chi connectivity index (χ1) is 7.45. The van der Waals surface area contributed by atoms with Gasteiger partial charge in [-0.3, -0.25) is 0 Å². The van der Waals surface area contributed by atoms with E-state index >= 15 is 0 Å². The molecule has 114 valence electrons. The van der Waals surface area contributed by atoms with Gasteiger partial charge in [0.1, 0.15) is 0 Å². The van der Waals surface area contributed by atoms with Gasteiger partial charge < -0.3 is 10.0 Å². The zero-order valence-corrected chi connectivity index (χ0v) is 15.5. The Labute approximate surface area is 118 Å². The summed E-state index contributed by atoms with van der Waals surface area (Å²) in [5, 5.41) is 0. The van der Waals surface area contributed by atoms with Gasteiger partial charge in [-0.1, -0.05) is 66.7 Å². The molecule has 0 bridgehead atoms. The van der Waals surface area contributed by atoms with Gasteiger partial charge in [-0.15, -0.1) is 0 Å². The van der Waals surface area contributed by atoms with E-state index in [0.717, 1.165) is 12.6 Å². The zero-order chi connectivity index (χ0) is 12.6. The van der Waals surface area contributed by atoms with Gasteiger partial charge in [0.2, 0.25) is 0 Å². The number of rotatable bonds is 9. The quantitative estimate of drug-likeness (QED) is 0.447. The monoisotopic (exact) mass is 298 g/mol. The molecule has 0 radical (unpaired) electrons. The van der Waals surface area contributed by atoms with E-state index in [1.807, 2.05) is 0 Å². The van der Waals surface area contributed by atoms with Crippen molar-refractivity contribution >= 4 is 17.0 Å². The largest absolute Gasteiger partial charge is 0.412 e. The Bertz CT molecular complexity index is 204. The molecule has 0 rings (SSSR count). The van der Waals surface area contributed by atoms with Gasteiger partial charge in [0.25, 0.3) is 0 Å². The van der Waals surface area contributed by atoms with Crippen LogP contribution in [0.15, 0.2) is 0 Å². The van der Waals surface area contributed by atoms with Crippen molar-refractivity contribution in [2.24, 2.45) is 0 Å². The predicted octanol–water partition coefficient (Wildman–Crippen LogP) is 4.76. The minimum absolute atomic E-state index is 0. The maximum atomic E-state index is 12.7. The molecule has 0 saturated heterocycles. The molecule has 4 heteroatoms. The van der Waals surface area contributed by atoms with Crippen LogP contribution < -0.4 is 0 Å². The highest BCUT2D eigenvalue weighted by Gasteiger charge is 2.29. The van der Waals surface area contributed by atoms with E-state index in [4.69, 9.17) is 0 Å². The SMILES string of the molecule is CCCCCCCCP(=O)(C(C)C)C(C)C.O.P. The second-order valence-corrected chi connectivity index (χ2v) is 9.75. The van der Waals surface area contributed by atoms with Crippen molar-refractivity contribution in [3.8, 4) is 0 Å². The molecule has 1 atom stereocenters. The molecule has 0 aromatic heterocycles. The van der Waals surface area contributed by atoms with Gasteiger partial charge in [-0.05, 0) is 6.42 Å². The van der Waals surface area contributed by atoms with Gasteiger partial charge in [-0.25, -0.2) is 0 Å². The molecule has 1 unspecified atom stereocenters. The summed E-state index contributed by atoms with van der Waals surface area (Å²) in [5.74, 6) is 0. The van der Waals surface area contributed by atoms with Crippen LogP contribution in [0.1, 0.15) is 73.1 Å². The fraction of sp³-hybridized carbons (Fsp3) is 1.00. The van der Waals surface area contributed by atoms with Gasteiger partial charge >= 0.3 is 0 Å². The average Bonchev–Trinajstić information content (AvgIpc) is 2.22. The van der Waals surface area contributed by atoms with Crippen LogP contribution >= 0.6 is 17.0 Å². The summed E-state index contributed by atoms with van der Waals surface area (Å²) in [6.07, 6.45) is 8.73. The molecule has 0 aliphatic heterocycles. The number of hydrogen-bond acceptors (Lipinski definition) is 1. The van der Waals surface area contributed by atoms with Crippen molar-refractivity contribution in [1.82, 2.24) is 0 Å². The van der Waals surface area contributed by atoms with Crippen molar-refractivity contribution < 1.29 is 10.0 Å². The van der Waals surface area contributed by atoms with Gasteiger partial charge in [0, 0.05) is 17.5 Å². The van der Waals surface area contributed by atoms with Crippen molar-refractivity contribution in [2.75, 3.05) is 6.16 Å². The summed E-state index contributed by atoms with van der Waals surface area (Å²) in [6.45, 7) is 10.7. The molecule has 2 N–H and O–H groups in total. The Kier molecular flexibility index (Phi) is 16.6. The third-order valence-corrected chi connectivity index (χ3v) is 8.12. The average molecular weight is 298 g/mol. The minimum Gasteiger partial charge on any atom is -0.412 e. The van der Waals surface area contributed by atoms with Gasteiger partial charge in [0.15, 0.2) is 0 Å². The Hall–Kier alpha value is 0.620. The van der Waals surface area contributed by atoms with Crippen LogP contribution in [-0.4, -0.2) is 23.0 Å². The third-order valence-electron chi connectivity index (χ3n) is 3.61. The summed E-state index contributed by atoms with van der Waals surface area (Å²) < 4.78 is 12.7. The Morgan fingerprint density at radius 3 is 1.61 bits per heavy atom. The normalized spacial score (nSPS) is 11.3. The second-order valence-electron chi connectivity index (χ2n) is 5.53. The second kappa shape index (κ2) is 12.6. The minimum atomic E-state index is -1.92. The maximum Gasteiger partial charge on any atom is 0.0925 e. The highest BCUT2D eigenvalue weighted by atomic mass is 31.2. The highest BCUT2D eigenvalue weighted by Crippen LogP contribution is 2.55. The van der Waals surface area contributed by atoms with E-state index in [1.165, 1.54) is 32.1 Å². The van der Waals surface area contributed by atoms with Crippen LogP contribution in [0.25, 0.3) is 0 Å². The molecule has 0 saturated carbocycles. The van der Waals surface area contributed by atoms with Crippen molar-refractivity contribution in [2.45, 2.75) is 84.5 Å². The lowest BCUT2D eigenvalue weighted by Crippen LogP contribution is -2.11. The summed E-state index contributed by atoms with van der Waals surface area (Å²) in [5.41, 5.74) is 0.728. The molecule has 0 aliphatic rings. The highest BCUT2D eigenvalue weighted by molar-refractivity contribution is 7.65. The molecular formula is C14H36O2P2. The van der Waals surface area contributed by atoms with Crippen molar-refractivity contribution in [3.05, 3.63) is 0 Å². The van der Waals surface area contributed by atoms with Gasteiger partial charge in [0.05, 0.1) is 7.14 Å². The Morgan fingerprint density at radius 1 is 0.833 bits per heavy atom. The lowest BCUT2D eigenvalue weighted by atomic mass is 10.1. The van der Waals surface area contributed by atoms with E-state index < -0.39 is 7.14 Å². The molecule has 2 nitrogen and oxygen atoms in total. The van der Waals surface area contributed by atoms with Gasteiger partial charge in [-0.2, -0.15) is 9.90 Å². The van der Waals surface area contributed by atoms with Crippen LogP contribution in [0.2, 0.25) is 0 Å².